The Bertz CT molecular complexity index is 1870. The second kappa shape index (κ2) is 65.4. The Morgan fingerprint density at radius 2 is 0.505 bits per heavy atom. The number of carbonyl (C=O) groups excluding carboxylic acids is 4. The molecule has 0 radical (unpaired) electrons. The van der Waals surface area contributed by atoms with Gasteiger partial charge >= 0.3 is 39.5 Å². The number of aliphatic hydroxyl groups excluding tert-OH is 1. The largest absolute Gasteiger partial charge is 0.472 e. The monoisotopic (exact) mass is 1400 g/mol. The first-order valence-electron chi connectivity index (χ1n) is 39.3. The van der Waals surface area contributed by atoms with Crippen LogP contribution >= 0.6 is 15.6 Å². The third kappa shape index (κ3) is 67.6. The van der Waals surface area contributed by atoms with E-state index in [2.05, 4.69) is 55.4 Å². The van der Waals surface area contributed by atoms with Crippen LogP contribution in [0.5, 0.6) is 0 Å². The van der Waals surface area contributed by atoms with E-state index in [1.807, 2.05) is 0 Å². The predicted octanol–water partition coefficient (Wildman–Crippen LogP) is 22.0. The molecule has 0 aliphatic heterocycles. The van der Waals surface area contributed by atoms with E-state index in [0.717, 1.165) is 120 Å². The topological polar surface area (TPSA) is 237 Å². The molecule has 0 fully saturated rings. The molecule has 19 heteroatoms. The van der Waals surface area contributed by atoms with Gasteiger partial charge in [-0.15, -0.1) is 0 Å². The molecule has 0 aliphatic rings. The highest BCUT2D eigenvalue weighted by Crippen LogP contribution is 2.45. The van der Waals surface area contributed by atoms with E-state index >= 15 is 0 Å². The van der Waals surface area contributed by atoms with E-state index in [0.29, 0.717) is 31.6 Å². The van der Waals surface area contributed by atoms with Crippen molar-refractivity contribution in [1.82, 2.24) is 0 Å². The molecule has 0 aliphatic carbocycles. The van der Waals surface area contributed by atoms with Crippen molar-refractivity contribution in [2.75, 3.05) is 39.6 Å². The Morgan fingerprint density at radius 1 is 0.295 bits per heavy atom. The number of phosphoric acid groups is 2. The fourth-order valence-electron chi connectivity index (χ4n) is 11.5. The van der Waals surface area contributed by atoms with Crippen molar-refractivity contribution in [3.8, 4) is 0 Å². The van der Waals surface area contributed by atoms with Crippen molar-refractivity contribution in [2.45, 2.75) is 401 Å². The van der Waals surface area contributed by atoms with Crippen LogP contribution in [0.2, 0.25) is 0 Å². The van der Waals surface area contributed by atoms with E-state index in [1.54, 1.807) is 0 Å². The van der Waals surface area contributed by atoms with Crippen molar-refractivity contribution in [2.24, 2.45) is 23.7 Å². The molecule has 0 rings (SSSR count). The second-order valence-corrected chi connectivity index (χ2v) is 31.7. The molecule has 0 aromatic heterocycles. The van der Waals surface area contributed by atoms with E-state index in [9.17, 15) is 43.2 Å². The summed E-state index contributed by atoms with van der Waals surface area (Å²) < 4.78 is 68.4. The third-order valence-electron chi connectivity index (χ3n) is 18.3. The Labute approximate surface area is 581 Å². The van der Waals surface area contributed by atoms with Crippen molar-refractivity contribution < 1.29 is 80.2 Å². The molecule has 0 aromatic rings. The standard InChI is InChI=1S/C76H148O17P2/c1-9-68(7)54-46-38-30-24-19-17-15-13-11-12-14-16-18-20-25-31-42-50-58-75(80)92-71(62-86-73(78)56-48-40-33-27-29-37-45-53-67(5)6)64-90-94(82,83)88-60-70(77)61-89-95(84,85)91-65-72(63-87-74(79)57-49-41-35-34-39-47-55-69(8)10-2)93-76(81)59-51-43-32-26-22-21-23-28-36-44-52-66(3)4/h66-72,77H,9-65H2,1-8H3,(H,82,83)(H,84,85)/t68?,69?,70?,71-,72-/m1/s1. The molecule has 0 saturated carbocycles. The van der Waals surface area contributed by atoms with Gasteiger partial charge in [-0.2, -0.15) is 0 Å². The summed E-state index contributed by atoms with van der Waals surface area (Å²) >= 11 is 0. The normalized spacial score (nSPS) is 14.7. The number of carbonyl (C=O) groups is 4. The Balaban J connectivity index is 5.17. The van der Waals surface area contributed by atoms with Crippen LogP contribution in [0.1, 0.15) is 383 Å². The first kappa shape index (κ1) is 93.1. The number of ether oxygens (including phenoxy) is 4. The first-order chi connectivity index (χ1) is 45.7. The molecular weight excluding hydrogens is 1250 g/mol. The van der Waals surface area contributed by atoms with E-state index < -0.39 is 97.5 Å². The number of hydrogen-bond acceptors (Lipinski definition) is 15. The van der Waals surface area contributed by atoms with Gasteiger partial charge < -0.3 is 33.8 Å². The first-order valence-corrected chi connectivity index (χ1v) is 42.3. The molecule has 95 heavy (non-hydrogen) atoms. The number of hydrogen-bond donors (Lipinski definition) is 3. The lowest BCUT2D eigenvalue weighted by Crippen LogP contribution is -2.30. The number of phosphoric ester groups is 2. The fourth-order valence-corrected chi connectivity index (χ4v) is 13.1. The summed E-state index contributed by atoms with van der Waals surface area (Å²) in [6.45, 7) is 14.2. The minimum Gasteiger partial charge on any atom is -0.462 e. The molecule has 564 valence electrons. The maximum atomic E-state index is 13.1. The molecule has 0 spiro atoms. The highest BCUT2D eigenvalue weighted by atomic mass is 31.2. The second-order valence-electron chi connectivity index (χ2n) is 28.8. The van der Waals surface area contributed by atoms with Crippen molar-refractivity contribution in [3.63, 3.8) is 0 Å². The summed E-state index contributed by atoms with van der Waals surface area (Å²) in [5, 5.41) is 10.6. The summed E-state index contributed by atoms with van der Waals surface area (Å²) in [6.07, 6.45) is 50.2. The van der Waals surface area contributed by atoms with Crippen LogP contribution < -0.4 is 0 Å². The van der Waals surface area contributed by atoms with Crippen molar-refractivity contribution >= 4 is 39.5 Å². The van der Waals surface area contributed by atoms with Gasteiger partial charge in [0.15, 0.2) is 12.2 Å². The lowest BCUT2D eigenvalue weighted by atomic mass is 9.99. The SMILES string of the molecule is CCC(C)CCCCCCCCCCCCCCCCCCCCC(=O)O[C@H](COC(=O)CCCCCCCCCC(C)C)COP(=O)(O)OCC(O)COP(=O)(O)OC[C@@H](COC(=O)CCCCCCCCC(C)CC)OC(=O)CCCCCCCCCCCCC(C)C. The van der Waals surface area contributed by atoms with E-state index in [4.69, 9.17) is 37.0 Å². The van der Waals surface area contributed by atoms with Gasteiger partial charge in [0.05, 0.1) is 26.4 Å². The zero-order valence-corrected chi connectivity index (χ0v) is 64.1. The van der Waals surface area contributed by atoms with Gasteiger partial charge in [0, 0.05) is 25.7 Å². The Hall–Kier alpha value is -1.94. The zero-order chi connectivity index (χ0) is 70.3. The molecule has 0 heterocycles. The molecule has 17 nitrogen and oxygen atoms in total. The van der Waals surface area contributed by atoms with Crippen LogP contribution in [0.3, 0.4) is 0 Å². The molecule has 0 saturated heterocycles. The molecule has 0 aromatic carbocycles. The maximum Gasteiger partial charge on any atom is 0.472 e. The van der Waals surface area contributed by atoms with Gasteiger partial charge in [0.2, 0.25) is 0 Å². The number of unbranched alkanes of at least 4 members (excludes halogenated alkanes) is 37. The Kier molecular flexibility index (Phi) is 64.0. The minimum absolute atomic E-state index is 0.105. The summed E-state index contributed by atoms with van der Waals surface area (Å²) in [5.41, 5.74) is 0. The van der Waals surface area contributed by atoms with Gasteiger partial charge in [0.25, 0.3) is 0 Å². The average molecular weight is 1400 g/mol. The zero-order valence-electron chi connectivity index (χ0n) is 62.3. The average Bonchev–Trinajstić information content (AvgIpc) is 1.33. The molecule has 0 bridgehead atoms. The van der Waals surface area contributed by atoms with Gasteiger partial charge in [0.1, 0.15) is 19.3 Å². The fraction of sp³-hybridized carbons (Fsp3) is 0.947. The molecule has 5 unspecified atom stereocenters. The highest BCUT2D eigenvalue weighted by Gasteiger charge is 2.30. The van der Waals surface area contributed by atoms with E-state index in [1.165, 1.54) is 173 Å². The van der Waals surface area contributed by atoms with E-state index in [-0.39, 0.29) is 25.7 Å². The van der Waals surface area contributed by atoms with Gasteiger partial charge in [-0.3, -0.25) is 37.3 Å². The smallest absolute Gasteiger partial charge is 0.462 e. The van der Waals surface area contributed by atoms with Gasteiger partial charge in [-0.25, -0.2) is 9.13 Å². The van der Waals surface area contributed by atoms with Crippen LogP contribution in [-0.2, 0) is 65.4 Å². The van der Waals surface area contributed by atoms with Crippen LogP contribution in [0.15, 0.2) is 0 Å². The minimum atomic E-state index is -4.96. The predicted molar refractivity (Wildman–Crippen MR) is 386 cm³/mol. The van der Waals surface area contributed by atoms with Crippen LogP contribution in [-0.4, -0.2) is 96.7 Å². The lowest BCUT2D eigenvalue weighted by molar-refractivity contribution is -0.161. The lowest BCUT2D eigenvalue weighted by Gasteiger charge is -2.21. The van der Waals surface area contributed by atoms with Crippen molar-refractivity contribution in [1.29, 1.82) is 0 Å². The summed E-state index contributed by atoms with van der Waals surface area (Å²) in [5.74, 6) is 0.934. The van der Waals surface area contributed by atoms with Crippen molar-refractivity contribution in [3.05, 3.63) is 0 Å². The van der Waals surface area contributed by atoms with Gasteiger partial charge in [-0.1, -0.05) is 331 Å². The highest BCUT2D eigenvalue weighted by molar-refractivity contribution is 7.47. The molecular formula is C76H148O17P2. The number of aliphatic hydroxyl groups is 1. The third-order valence-corrected chi connectivity index (χ3v) is 20.2. The quantitative estimate of drug-likeness (QED) is 0.0222. The number of esters is 4. The van der Waals surface area contributed by atoms with Crippen LogP contribution in [0.4, 0.5) is 0 Å². The summed E-state index contributed by atoms with van der Waals surface area (Å²) in [7, 11) is -9.91. The molecule has 0 amide bonds. The summed E-state index contributed by atoms with van der Waals surface area (Å²) in [6, 6.07) is 0. The maximum absolute atomic E-state index is 13.1. The van der Waals surface area contributed by atoms with Crippen LogP contribution in [0, 0.1) is 23.7 Å². The Morgan fingerprint density at radius 3 is 0.747 bits per heavy atom. The molecule has 3 N–H and O–H groups in total. The number of rotatable bonds is 73. The molecule has 7 atom stereocenters. The summed E-state index contributed by atoms with van der Waals surface area (Å²) in [4.78, 5) is 72.7. The van der Waals surface area contributed by atoms with Gasteiger partial charge in [-0.05, 0) is 49.4 Å². The van der Waals surface area contributed by atoms with Crippen LogP contribution in [0.25, 0.3) is 0 Å².